The second kappa shape index (κ2) is 5.91. The summed E-state index contributed by atoms with van der Waals surface area (Å²) in [6, 6.07) is 3.06. The van der Waals surface area contributed by atoms with Gasteiger partial charge in [0, 0.05) is 0 Å². The van der Waals surface area contributed by atoms with Crippen LogP contribution in [0.1, 0.15) is 10.4 Å². The average Bonchev–Trinajstić information content (AvgIpc) is 2.77. The van der Waals surface area contributed by atoms with Crippen molar-refractivity contribution in [2.45, 2.75) is 0 Å². The van der Waals surface area contributed by atoms with Crippen LogP contribution < -0.4 is 5.32 Å². The van der Waals surface area contributed by atoms with Gasteiger partial charge in [-0.05, 0) is 18.2 Å². The molecule has 0 atom stereocenters. The highest BCUT2D eigenvalue weighted by atomic mass is 32.2. The third-order valence-corrected chi connectivity index (χ3v) is 3.59. The minimum Gasteiger partial charge on any atom is -0.478 e. The molecular formula is C12H11FN2O4S. The summed E-state index contributed by atoms with van der Waals surface area (Å²) in [6.07, 6.45) is 0. The standard InChI is InChI=1S/C12H11FN2O4S/c13-7-1-2-9(8(3-7)12(18)19)14-10(16)4-15-6-20-5-11(15)17/h1-3H,4-6H2,(H,14,16)(H,18,19). The van der Waals surface area contributed by atoms with E-state index in [0.717, 1.165) is 12.1 Å². The Labute approximate surface area is 117 Å². The number of nitrogens with one attached hydrogen (secondary N) is 1. The number of aromatic carboxylic acids is 1. The van der Waals surface area contributed by atoms with Crippen molar-refractivity contribution < 1.29 is 23.9 Å². The maximum absolute atomic E-state index is 13.0. The molecular weight excluding hydrogens is 287 g/mol. The predicted octanol–water partition coefficient (Wildman–Crippen LogP) is 0.995. The topological polar surface area (TPSA) is 86.7 Å². The summed E-state index contributed by atoms with van der Waals surface area (Å²) >= 11 is 1.40. The van der Waals surface area contributed by atoms with Gasteiger partial charge in [-0.25, -0.2) is 9.18 Å². The van der Waals surface area contributed by atoms with E-state index < -0.39 is 17.7 Å². The monoisotopic (exact) mass is 298 g/mol. The Morgan fingerprint density at radius 3 is 2.80 bits per heavy atom. The van der Waals surface area contributed by atoms with Crippen LogP contribution in [0.2, 0.25) is 0 Å². The van der Waals surface area contributed by atoms with Crippen molar-refractivity contribution in [3.63, 3.8) is 0 Å². The zero-order valence-electron chi connectivity index (χ0n) is 10.3. The number of halogens is 1. The third-order valence-electron chi connectivity index (χ3n) is 2.65. The molecule has 20 heavy (non-hydrogen) atoms. The van der Waals surface area contributed by atoms with E-state index in [2.05, 4.69) is 5.32 Å². The number of hydrogen-bond acceptors (Lipinski definition) is 4. The smallest absolute Gasteiger partial charge is 0.337 e. The van der Waals surface area contributed by atoms with Gasteiger partial charge in [-0.3, -0.25) is 9.59 Å². The van der Waals surface area contributed by atoms with Crippen molar-refractivity contribution in [3.8, 4) is 0 Å². The van der Waals surface area contributed by atoms with E-state index in [4.69, 9.17) is 5.11 Å². The highest BCUT2D eigenvalue weighted by molar-refractivity contribution is 8.00. The molecule has 1 aromatic rings. The molecule has 2 rings (SSSR count). The second-order valence-corrected chi connectivity index (χ2v) is 5.07. The molecule has 0 unspecified atom stereocenters. The first-order valence-electron chi connectivity index (χ1n) is 5.65. The third kappa shape index (κ3) is 3.27. The molecule has 0 aromatic heterocycles. The van der Waals surface area contributed by atoms with Crippen molar-refractivity contribution in [2.24, 2.45) is 0 Å². The number of carboxylic acids is 1. The van der Waals surface area contributed by atoms with Gasteiger partial charge in [0.25, 0.3) is 0 Å². The average molecular weight is 298 g/mol. The molecule has 8 heteroatoms. The van der Waals surface area contributed by atoms with Crippen LogP contribution in [0.3, 0.4) is 0 Å². The Kier molecular flexibility index (Phi) is 4.23. The molecule has 2 N–H and O–H groups in total. The van der Waals surface area contributed by atoms with Crippen molar-refractivity contribution in [2.75, 3.05) is 23.5 Å². The molecule has 2 amide bonds. The lowest BCUT2D eigenvalue weighted by Crippen LogP contribution is -2.34. The number of hydrogen-bond donors (Lipinski definition) is 2. The molecule has 6 nitrogen and oxygen atoms in total. The van der Waals surface area contributed by atoms with E-state index in [9.17, 15) is 18.8 Å². The molecule has 1 heterocycles. The molecule has 1 aliphatic rings. The van der Waals surface area contributed by atoms with Crippen LogP contribution in [0, 0.1) is 5.82 Å². The van der Waals surface area contributed by atoms with Crippen LogP contribution in [0.4, 0.5) is 10.1 Å². The summed E-state index contributed by atoms with van der Waals surface area (Å²) in [5.74, 6) is -1.93. The SMILES string of the molecule is O=C(CN1CSCC1=O)Nc1ccc(F)cc1C(=O)O. The van der Waals surface area contributed by atoms with Gasteiger partial charge >= 0.3 is 5.97 Å². The second-order valence-electron chi connectivity index (χ2n) is 4.11. The molecule has 0 radical (unpaired) electrons. The first-order valence-corrected chi connectivity index (χ1v) is 6.81. The lowest BCUT2D eigenvalue weighted by molar-refractivity contribution is -0.130. The van der Waals surface area contributed by atoms with Gasteiger partial charge in [0.05, 0.1) is 22.9 Å². The largest absolute Gasteiger partial charge is 0.478 e. The van der Waals surface area contributed by atoms with E-state index in [0.29, 0.717) is 11.6 Å². The Morgan fingerprint density at radius 2 is 2.20 bits per heavy atom. The highest BCUT2D eigenvalue weighted by Gasteiger charge is 2.23. The van der Waals surface area contributed by atoms with E-state index in [-0.39, 0.29) is 23.7 Å². The van der Waals surface area contributed by atoms with Gasteiger partial charge in [0.15, 0.2) is 0 Å². The maximum Gasteiger partial charge on any atom is 0.337 e. The maximum atomic E-state index is 13.0. The molecule has 0 saturated carbocycles. The normalized spacial score (nSPS) is 14.4. The summed E-state index contributed by atoms with van der Waals surface area (Å²) < 4.78 is 13.0. The fraction of sp³-hybridized carbons (Fsp3) is 0.250. The Bertz CT molecular complexity index is 579. The number of carbonyl (C=O) groups is 3. The zero-order chi connectivity index (χ0) is 14.7. The van der Waals surface area contributed by atoms with Crippen LogP contribution in [0.5, 0.6) is 0 Å². The van der Waals surface area contributed by atoms with Gasteiger partial charge in [-0.2, -0.15) is 0 Å². The Balaban J connectivity index is 2.07. The van der Waals surface area contributed by atoms with E-state index in [1.165, 1.54) is 22.7 Å². The number of amides is 2. The van der Waals surface area contributed by atoms with Gasteiger partial charge in [0.2, 0.25) is 11.8 Å². The van der Waals surface area contributed by atoms with E-state index >= 15 is 0 Å². The number of anilines is 1. The summed E-state index contributed by atoms with van der Waals surface area (Å²) in [5, 5.41) is 11.3. The molecule has 0 aliphatic carbocycles. The Morgan fingerprint density at radius 1 is 1.45 bits per heavy atom. The van der Waals surface area contributed by atoms with Crippen LogP contribution in [-0.4, -0.2) is 46.0 Å². The number of carboxylic acid groups (broad SMARTS) is 1. The number of benzene rings is 1. The van der Waals surface area contributed by atoms with E-state index in [1.54, 1.807) is 0 Å². The quantitative estimate of drug-likeness (QED) is 0.866. The zero-order valence-corrected chi connectivity index (χ0v) is 11.1. The number of nitrogens with zero attached hydrogens (tertiary/aromatic N) is 1. The fourth-order valence-electron chi connectivity index (χ4n) is 1.71. The van der Waals surface area contributed by atoms with Gasteiger partial charge in [-0.15, -0.1) is 11.8 Å². The van der Waals surface area contributed by atoms with Gasteiger partial charge < -0.3 is 15.3 Å². The summed E-state index contributed by atoms with van der Waals surface area (Å²) in [5.41, 5.74) is -0.330. The van der Waals surface area contributed by atoms with Crippen molar-refractivity contribution >= 4 is 35.2 Å². The molecule has 106 valence electrons. The van der Waals surface area contributed by atoms with Crippen LogP contribution >= 0.6 is 11.8 Å². The molecule has 0 spiro atoms. The molecule has 1 aromatic carbocycles. The van der Waals surface area contributed by atoms with Gasteiger partial charge in [-0.1, -0.05) is 0 Å². The lowest BCUT2D eigenvalue weighted by Gasteiger charge is -2.15. The minimum atomic E-state index is -1.34. The summed E-state index contributed by atoms with van der Waals surface area (Å²) in [6.45, 7) is -0.151. The number of thioether (sulfide) groups is 1. The molecule has 1 fully saturated rings. The predicted molar refractivity (Wildman–Crippen MR) is 71.0 cm³/mol. The fourth-order valence-corrected chi connectivity index (χ4v) is 2.61. The first-order chi connectivity index (χ1) is 9.47. The molecule has 1 saturated heterocycles. The Hall–Kier alpha value is -2.09. The van der Waals surface area contributed by atoms with Crippen molar-refractivity contribution in [1.29, 1.82) is 0 Å². The number of carbonyl (C=O) groups excluding carboxylic acids is 2. The van der Waals surface area contributed by atoms with Crippen molar-refractivity contribution in [3.05, 3.63) is 29.6 Å². The summed E-state index contributed by atoms with van der Waals surface area (Å²) in [7, 11) is 0. The number of rotatable bonds is 4. The van der Waals surface area contributed by atoms with Crippen LogP contribution in [0.25, 0.3) is 0 Å². The van der Waals surface area contributed by atoms with Gasteiger partial charge in [0.1, 0.15) is 12.4 Å². The first kappa shape index (κ1) is 14.3. The van der Waals surface area contributed by atoms with Crippen LogP contribution in [-0.2, 0) is 9.59 Å². The van der Waals surface area contributed by atoms with Crippen LogP contribution in [0.15, 0.2) is 18.2 Å². The lowest BCUT2D eigenvalue weighted by atomic mass is 10.1. The molecule has 0 bridgehead atoms. The highest BCUT2D eigenvalue weighted by Crippen LogP contribution is 2.18. The molecule has 1 aliphatic heterocycles. The van der Waals surface area contributed by atoms with E-state index in [1.807, 2.05) is 0 Å². The minimum absolute atomic E-state index is 0.00296. The van der Waals surface area contributed by atoms with Crippen molar-refractivity contribution in [1.82, 2.24) is 4.90 Å². The summed E-state index contributed by atoms with van der Waals surface area (Å²) in [4.78, 5) is 35.5.